The summed E-state index contributed by atoms with van der Waals surface area (Å²) in [5.41, 5.74) is 1.63. The van der Waals surface area contributed by atoms with E-state index in [1.165, 1.54) is 11.3 Å². The third-order valence-corrected chi connectivity index (χ3v) is 7.36. The van der Waals surface area contributed by atoms with Gasteiger partial charge in [-0.3, -0.25) is 14.2 Å². The number of aryl methyl sites for hydroxylation is 2. The Bertz CT molecular complexity index is 1240. The van der Waals surface area contributed by atoms with E-state index in [2.05, 4.69) is 0 Å². The van der Waals surface area contributed by atoms with Gasteiger partial charge in [-0.1, -0.05) is 0 Å². The minimum Gasteiger partial charge on any atom is -0.497 e. The van der Waals surface area contributed by atoms with Crippen molar-refractivity contribution in [1.29, 1.82) is 0 Å². The number of thiophene rings is 1. The largest absolute Gasteiger partial charge is 0.497 e. The van der Waals surface area contributed by atoms with E-state index in [4.69, 9.17) is 14.5 Å². The van der Waals surface area contributed by atoms with Gasteiger partial charge in [-0.2, -0.15) is 0 Å². The highest BCUT2D eigenvalue weighted by Crippen LogP contribution is 2.36. The molecular formula is C23H25N3O4S. The number of amides is 1. The van der Waals surface area contributed by atoms with Gasteiger partial charge in [0.25, 0.3) is 11.5 Å². The van der Waals surface area contributed by atoms with Crippen molar-refractivity contribution in [2.75, 3.05) is 14.2 Å². The molecule has 162 valence electrons. The van der Waals surface area contributed by atoms with Gasteiger partial charge in [0.05, 0.1) is 31.0 Å². The summed E-state index contributed by atoms with van der Waals surface area (Å²) in [5.74, 6) is 2.24. The molecule has 7 nitrogen and oxygen atoms in total. The second-order valence-electron chi connectivity index (χ2n) is 8.17. The van der Waals surface area contributed by atoms with Gasteiger partial charge < -0.3 is 14.4 Å². The second kappa shape index (κ2) is 7.67. The maximum Gasteiger partial charge on any atom is 0.264 e. The number of rotatable bonds is 6. The molecule has 0 saturated heterocycles. The zero-order valence-electron chi connectivity index (χ0n) is 17.9. The number of ether oxygens (including phenoxy) is 2. The molecule has 2 aromatic heterocycles. The number of carbonyl (C=O) groups excluding carboxylic acids is 1. The lowest BCUT2D eigenvalue weighted by atomic mass is 10.1. The lowest BCUT2D eigenvalue weighted by Gasteiger charge is -2.23. The summed E-state index contributed by atoms with van der Waals surface area (Å²) >= 11 is 1.34. The summed E-state index contributed by atoms with van der Waals surface area (Å²) in [7, 11) is 3.25. The standard InChI is InChI=1S/C23H25N3O4S/c1-13-19-21(24-18-5-4-10-25(18)22(19)27)31-20(13)23(28)26(15-6-7-15)12-14-11-16(29-2)8-9-17(14)30-3/h8-9,11,15H,4-7,10,12H2,1-3H3. The monoisotopic (exact) mass is 439 g/mol. The highest BCUT2D eigenvalue weighted by Gasteiger charge is 2.36. The van der Waals surface area contributed by atoms with Gasteiger partial charge in [0.1, 0.15) is 22.2 Å². The van der Waals surface area contributed by atoms with Crippen LogP contribution in [0.2, 0.25) is 0 Å². The Labute approximate surface area is 184 Å². The third-order valence-electron chi connectivity index (χ3n) is 6.18. The van der Waals surface area contributed by atoms with Crippen molar-refractivity contribution >= 4 is 27.5 Å². The molecule has 3 aromatic rings. The van der Waals surface area contributed by atoms with Crippen LogP contribution in [0.4, 0.5) is 0 Å². The third kappa shape index (κ3) is 3.39. The lowest BCUT2D eigenvalue weighted by Crippen LogP contribution is -2.32. The molecule has 3 heterocycles. The summed E-state index contributed by atoms with van der Waals surface area (Å²) in [6, 6.07) is 5.82. The van der Waals surface area contributed by atoms with Gasteiger partial charge in [-0.25, -0.2) is 4.98 Å². The maximum atomic E-state index is 13.7. The minimum absolute atomic E-state index is 0.0160. The van der Waals surface area contributed by atoms with Gasteiger partial charge in [0, 0.05) is 24.6 Å². The molecule has 0 atom stereocenters. The van der Waals surface area contributed by atoms with Crippen molar-refractivity contribution in [2.45, 2.75) is 51.7 Å². The van der Waals surface area contributed by atoms with Crippen molar-refractivity contribution < 1.29 is 14.3 Å². The first-order valence-corrected chi connectivity index (χ1v) is 11.4. The molecule has 5 rings (SSSR count). The summed E-state index contributed by atoms with van der Waals surface area (Å²) in [6.45, 7) is 3.01. The van der Waals surface area contributed by atoms with Crippen LogP contribution < -0.4 is 15.0 Å². The molecule has 1 fully saturated rings. The Morgan fingerprint density at radius 2 is 2.10 bits per heavy atom. The number of nitrogens with zero attached hydrogens (tertiary/aromatic N) is 3. The van der Waals surface area contributed by atoms with Crippen LogP contribution in [0.1, 0.15) is 45.9 Å². The quantitative estimate of drug-likeness (QED) is 0.587. The molecule has 2 aliphatic rings. The van der Waals surface area contributed by atoms with E-state index in [0.717, 1.165) is 54.1 Å². The van der Waals surface area contributed by atoms with Crippen molar-refractivity contribution in [1.82, 2.24) is 14.5 Å². The molecule has 0 N–H and O–H groups in total. The molecule has 8 heteroatoms. The van der Waals surface area contributed by atoms with Crippen LogP contribution in [0.5, 0.6) is 11.5 Å². The van der Waals surface area contributed by atoms with Crippen LogP contribution in [0.3, 0.4) is 0 Å². The average Bonchev–Trinajstić information content (AvgIpc) is 3.41. The number of hydrogen-bond acceptors (Lipinski definition) is 6. The normalized spacial score (nSPS) is 15.2. The van der Waals surface area contributed by atoms with Crippen molar-refractivity contribution in [3.63, 3.8) is 0 Å². The fourth-order valence-corrected chi connectivity index (χ4v) is 5.50. The molecule has 1 saturated carbocycles. The van der Waals surface area contributed by atoms with Gasteiger partial charge in [0.2, 0.25) is 0 Å². The first kappa shape index (κ1) is 20.1. The molecular weight excluding hydrogens is 414 g/mol. The second-order valence-corrected chi connectivity index (χ2v) is 9.17. The van der Waals surface area contributed by atoms with E-state index in [0.29, 0.717) is 28.2 Å². The van der Waals surface area contributed by atoms with Gasteiger partial charge >= 0.3 is 0 Å². The first-order valence-electron chi connectivity index (χ1n) is 10.6. The Morgan fingerprint density at radius 3 is 2.81 bits per heavy atom. The fraction of sp³-hybridized carbons (Fsp3) is 0.435. The number of benzene rings is 1. The van der Waals surface area contributed by atoms with Crippen LogP contribution in [0.15, 0.2) is 23.0 Å². The molecule has 0 unspecified atom stereocenters. The summed E-state index contributed by atoms with van der Waals surface area (Å²) < 4.78 is 12.6. The van der Waals surface area contributed by atoms with Crippen LogP contribution in [-0.4, -0.2) is 40.6 Å². The first-order chi connectivity index (χ1) is 15.0. The van der Waals surface area contributed by atoms with E-state index in [9.17, 15) is 9.59 Å². The highest BCUT2D eigenvalue weighted by molar-refractivity contribution is 7.20. The Balaban J connectivity index is 1.54. The van der Waals surface area contributed by atoms with E-state index < -0.39 is 0 Å². The fourth-order valence-electron chi connectivity index (χ4n) is 4.35. The van der Waals surface area contributed by atoms with Crippen LogP contribution in [0.25, 0.3) is 10.2 Å². The Morgan fingerprint density at radius 1 is 1.29 bits per heavy atom. The zero-order valence-corrected chi connectivity index (χ0v) is 18.8. The summed E-state index contributed by atoms with van der Waals surface area (Å²) in [4.78, 5) is 34.6. The van der Waals surface area contributed by atoms with E-state index >= 15 is 0 Å². The van der Waals surface area contributed by atoms with E-state index in [1.807, 2.05) is 30.0 Å². The SMILES string of the molecule is COc1ccc(OC)c(CN(C(=O)c2sc3nc4n(c(=O)c3c2C)CCC4)C2CC2)c1. The smallest absolute Gasteiger partial charge is 0.264 e. The number of methoxy groups -OCH3 is 2. The summed E-state index contributed by atoms with van der Waals surface area (Å²) in [5, 5.41) is 0.591. The average molecular weight is 440 g/mol. The van der Waals surface area contributed by atoms with Gasteiger partial charge in [0.15, 0.2) is 0 Å². The number of hydrogen-bond donors (Lipinski definition) is 0. The maximum absolute atomic E-state index is 13.7. The molecule has 0 bridgehead atoms. The predicted molar refractivity (Wildman–Crippen MR) is 119 cm³/mol. The van der Waals surface area contributed by atoms with Crippen LogP contribution >= 0.6 is 11.3 Å². The van der Waals surface area contributed by atoms with Gasteiger partial charge in [-0.05, 0) is 49.9 Å². The molecule has 31 heavy (non-hydrogen) atoms. The zero-order chi connectivity index (χ0) is 21.7. The summed E-state index contributed by atoms with van der Waals surface area (Å²) in [6.07, 6.45) is 3.73. The molecule has 1 aliphatic heterocycles. The Kier molecular flexibility index (Phi) is 4.97. The van der Waals surface area contributed by atoms with E-state index in [1.54, 1.807) is 18.8 Å². The van der Waals surface area contributed by atoms with Gasteiger partial charge in [-0.15, -0.1) is 11.3 Å². The minimum atomic E-state index is -0.0440. The lowest BCUT2D eigenvalue weighted by molar-refractivity contribution is 0.0733. The van der Waals surface area contributed by atoms with Crippen LogP contribution in [0, 0.1) is 6.92 Å². The van der Waals surface area contributed by atoms with Crippen molar-refractivity contribution in [3.05, 3.63) is 50.4 Å². The molecule has 1 amide bonds. The van der Waals surface area contributed by atoms with Crippen molar-refractivity contribution in [2.24, 2.45) is 0 Å². The number of carbonyl (C=O) groups is 1. The van der Waals surface area contributed by atoms with Crippen molar-refractivity contribution in [3.8, 4) is 11.5 Å². The number of fused-ring (bicyclic) bond motifs is 2. The molecule has 1 aromatic carbocycles. The topological polar surface area (TPSA) is 73.7 Å². The van der Waals surface area contributed by atoms with Crippen LogP contribution in [-0.2, 0) is 19.5 Å². The molecule has 0 spiro atoms. The molecule has 1 aliphatic carbocycles. The predicted octanol–water partition coefficient (Wildman–Crippen LogP) is 3.53. The molecule has 0 radical (unpaired) electrons. The highest BCUT2D eigenvalue weighted by atomic mass is 32.1. The Hall–Kier alpha value is -2.87. The van der Waals surface area contributed by atoms with E-state index in [-0.39, 0.29) is 17.5 Å². The number of aromatic nitrogens is 2.